The summed E-state index contributed by atoms with van der Waals surface area (Å²) < 4.78 is 0. The van der Waals surface area contributed by atoms with Crippen LogP contribution in [0.1, 0.15) is 0 Å². The van der Waals surface area contributed by atoms with E-state index >= 15 is 0 Å². The van der Waals surface area contributed by atoms with Crippen LogP contribution in [0.2, 0.25) is 0 Å². The van der Waals surface area contributed by atoms with E-state index in [1.807, 2.05) is 30.3 Å². The molecule has 0 unspecified atom stereocenters. The van der Waals surface area contributed by atoms with E-state index in [1.54, 1.807) is 12.3 Å². The van der Waals surface area contributed by atoms with Crippen molar-refractivity contribution in [2.45, 2.75) is 0 Å². The Bertz CT molecular complexity index is 413. The summed E-state index contributed by atoms with van der Waals surface area (Å²) in [5.41, 5.74) is 4.14. The third kappa shape index (κ3) is 1.70. The van der Waals surface area contributed by atoms with Gasteiger partial charge in [-0.15, -0.1) is 0 Å². The summed E-state index contributed by atoms with van der Waals surface area (Å²) in [6.45, 7) is 0. The highest BCUT2D eigenvalue weighted by molar-refractivity contribution is 5.56. The molecule has 0 saturated carbocycles. The fraction of sp³-hybridized carbons (Fsp3) is 0. The zero-order valence-corrected chi connectivity index (χ0v) is 7.51. The lowest BCUT2D eigenvalue weighted by atomic mass is 10.2. The van der Waals surface area contributed by atoms with Gasteiger partial charge in [0, 0.05) is 6.20 Å². The van der Waals surface area contributed by atoms with E-state index < -0.39 is 0 Å². The van der Waals surface area contributed by atoms with Gasteiger partial charge < -0.3 is 5.43 Å². The van der Waals surface area contributed by atoms with Crippen molar-refractivity contribution in [1.29, 1.82) is 0 Å². The molecule has 3 N–H and O–H groups in total. The Balaban J connectivity index is 2.42. The van der Waals surface area contributed by atoms with Crippen LogP contribution in [0.25, 0.3) is 11.4 Å². The van der Waals surface area contributed by atoms with Crippen molar-refractivity contribution < 1.29 is 0 Å². The molecule has 0 aromatic carbocycles. The van der Waals surface area contributed by atoms with E-state index in [-0.39, 0.29) is 0 Å². The third-order valence-corrected chi connectivity index (χ3v) is 1.82. The normalized spacial score (nSPS) is 9.79. The Morgan fingerprint density at radius 2 is 1.86 bits per heavy atom. The average Bonchev–Trinajstić information content (AvgIpc) is 2.30. The summed E-state index contributed by atoms with van der Waals surface area (Å²) in [5.74, 6) is 5.90. The number of nitrogens with two attached hydrogens (primary N) is 1. The van der Waals surface area contributed by atoms with Gasteiger partial charge in [-0.2, -0.15) is 0 Å². The summed E-state index contributed by atoms with van der Waals surface area (Å²) in [5, 5.41) is 0. The molecule has 0 aliphatic heterocycles. The summed E-state index contributed by atoms with van der Waals surface area (Å²) in [6.07, 6.45) is 1.74. The molecule has 70 valence electrons. The molecule has 4 nitrogen and oxygen atoms in total. The Kier molecular flexibility index (Phi) is 2.38. The molecule has 2 aromatic rings. The topological polar surface area (TPSA) is 63.8 Å². The van der Waals surface area contributed by atoms with Gasteiger partial charge in [-0.1, -0.05) is 12.1 Å². The monoisotopic (exact) mass is 186 g/mol. The van der Waals surface area contributed by atoms with Crippen LogP contribution in [0.4, 0.5) is 5.82 Å². The number of hydrogen-bond donors (Lipinski definition) is 2. The second-order valence-corrected chi connectivity index (χ2v) is 2.77. The molecule has 0 fully saturated rings. The number of aromatic nitrogens is 2. The molecule has 0 bridgehead atoms. The SMILES string of the molecule is NNc1cccc(-c2ccccn2)n1. The Hall–Kier alpha value is -1.94. The maximum absolute atomic E-state index is 5.26. The van der Waals surface area contributed by atoms with E-state index in [0.717, 1.165) is 11.4 Å². The van der Waals surface area contributed by atoms with Crippen molar-refractivity contribution in [3.05, 3.63) is 42.6 Å². The minimum absolute atomic E-state index is 0.633. The van der Waals surface area contributed by atoms with E-state index in [2.05, 4.69) is 15.4 Å². The van der Waals surface area contributed by atoms with Crippen LogP contribution in [0.3, 0.4) is 0 Å². The molecule has 0 radical (unpaired) electrons. The van der Waals surface area contributed by atoms with Gasteiger partial charge in [0.1, 0.15) is 5.82 Å². The maximum atomic E-state index is 5.26. The number of hydrogen-bond acceptors (Lipinski definition) is 4. The molecule has 14 heavy (non-hydrogen) atoms. The van der Waals surface area contributed by atoms with E-state index in [4.69, 9.17) is 5.84 Å². The number of anilines is 1. The molecule has 2 rings (SSSR count). The second kappa shape index (κ2) is 3.85. The Morgan fingerprint density at radius 3 is 2.57 bits per heavy atom. The standard InChI is InChI=1S/C10H10N4/c11-14-10-6-3-5-9(13-10)8-4-1-2-7-12-8/h1-7H,11H2,(H,13,14). The van der Waals surface area contributed by atoms with Gasteiger partial charge in [0.2, 0.25) is 0 Å². The highest BCUT2D eigenvalue weighted by Gasteiger charge is 1.99. The molecular weight excluding hydrogens is 176 g/mol. The van der Waals surface area contributed by atoms with Crippen molar-refractivity contribution in [3.63, 3.8) is 0 Å². The zero-order valence-electron chi connectivity index (χ0n) is 7.51. The van der Waals surface area contributed by atoms with E-state index in [1.165, 1.54) is 0 Å². The maximum Gasteiger partial charge on any atom is 0.140 e. The highest BCUT2D eigenvalue weighted by atomic mass is 15.2. The molecule has 4 heteroatoms. The minimum Gasteiger partial charge on any atom is -0.308 e. The lowest BCUT2D eigenvalue weighted by Gasteiger charge is -2.02. The summed E-state index contributed by atoms with van der Waals surface area (Å²) >= 11 is 0. The Labute approximate surface area is 81.8 Å². The first kappa shape index (κ1) is 8.65. The smallest absolute Gasteiger partial charge is 0.140 e. The number of nitrogens with one attached hydrogen (secondary N) is 1. The van der Waals surface area contributed by atoms with Crippen molar-refractivity contribution in [3.8, 4) is 11.4 Å². The fourth-order valence-electron chi connectivity index (χ4n) is 1.17. The molecule has 0 spiro atoms. The summed E-state index contributed by atoms with van der Waals surface area (Å²) in [4.78, 5) is 8.46. The minimum atomic E-state index is 0.633. The first-order valence-electron chi connectivity index (χ1n) is 4.25. The molecule has 2 aromatic heterocycles. The van der Waals surface area contributed by atoms with Gasteiger partial charge in [0.15, 0.2) is 0 Å². The first-order valence-corrected chi connectivity index (χ1v) is 4.25. The lowest BCUT2D eigenvalue weighted by molar-refractivity contribution is 1.20. The summed E-state index contributed by atoms with van der Waals surface area (Å²) in [6, 6.07) is 11.3. The van der Waals surface area contributed by atoms with Gasteiger partial charge in [-0.05, 0) is 24.3 Å². The lowest BCUT2D eigenvalue weighted by Crippen LogP contribution is -2.08. The van der Waals surface area contributed by atoms with Gasteiger partial charge >= 0.3 is 0 Å². The zero-order chi connectivity index (χ0) is 9.80. The molecule has 0 atom stereocenters. The van der Waals surface area contributed by atoms with Crippen LogP contribution in [0.15, 0.2) is 42.6 Å². The van der Waals surface area contributed by atoms with Gasteiger partial charge in [-0.25, -0.2) is 10.8 Å². The number of hydrazine groups is 1. The average molecular weight is 186 g/mol. The van der Waals surface area contributed by atoms with Crippen LogP contribution in [0.5, 0.6) is 0 Å². The highest BCUT2D eigenvalue weighted by Crippen LogP contribution is 2.14. The number of nitrogen functional groups attached to an aromatic ring is 1. The quantitative estimate of drug-likeness (QED) is 0.550. The van der Waals surface area contributed by atoms with Crippen molar-refractivity contribution in [2.24, 2.45) is 5.84 Å². The van der Waals surface area contributed by atoms with Crippen LogP contribution < -0.4 is 11.3 Å². The first-order chi connectivity index (χ1) is 6.90. The molecular formula is C10H10N4. The van der Waals surface area contributed by atoms with Gasteiger partial charge in [-0.3, -0.25) is 4.98 Å². The molecule has 0 aliphatic rings. The Morgan fingerprint density at radius 1 is 1.00 bits per heavy atom. The van der Waals surface area contributed by atoms with Crippen molar-refractivity contribution >= 4 is 5.82 Å². The molecule has 0 aliphatic carbocycles. The molecule has 0 amide bonds. The third-order valence-electron chi connectivity index (χ3n) is 1.82. The van der Waals surface area contributed by atoms with Crippen LogP contribution in [0, 0.1) is 0 Å². The van der Waals surface area contributed by atoms with Gasteiger partial charge in [0.05, 0.1) is 11.4 Å². The number of nitrogens with zero attached hydrogens (tertiary/aromatic N) is 2. The van der Waals surface area contributed by atoms with Crippen molar-refractivity contribution in [2.75, 3.05) is 5.43 Å². The van der Waals surface area contributed by atoms with Crippen LogP contribution in [-0.2, 0) is 0 Å². The second-order valence-electron chi connectivity index (χ2n) is 2.77. The van der Waals surface area contributed by atoms with Crippen molar-refractivity contribution in [1.82, 2.24) is 9.97 Å². The fourth-order valence-corrected chi connectivity index (χ4v) is 1.17. The van der Waals surface area contributed by atoms with Crippen LogP contribution in [-0.4, -0.2) is 9.97 Å². The van der Waals surface area contributed by atoms with E-state index in [9.17, 15) is 0 Å². The summed E-state index contributed by atoms with van der Waals surface area (Å²) in [7, 11) is 0. The predicted molar refractivity (Wildman–Crippen MR) is 55.3 cm³/mol. The van der Waals surface area contributed by atoms with Crippen LogP contribution >= 0.6 is 0 Å². The van der Waals surface area contributed by atoms with E-state index in [0.29, 0.717) is 5.82 Å². The molecule has 0 saturated heterocycles. The number of pyridine rings is 2. The van der Waals surface area contributed by atoms with Gasteiger partial charge in [0.25, 0.3) is 0 Å². The molecule has 2 heterocycles. The predicted octanol–water partition coefficient (Wildman–Crippen LogP) is 1.43. The number of rotatable bonds is 2. The largest absolute Gasteiger partial charge is 0.308 e.